The number of carbonyl (C=O) groups excluding carboxylic acids is 2. The van der Waals surface area contributed by atoms with E-state index >= 15 is 0 Å². The molecule has 1 heterocycles. The van der Waals surface area contributed by atoms with E-state index in [9.17, 15) is 14.0 Å². The van der Waals surface area contributed by atoms with Gasteiger partial charge in [0.05, 0.1) is 21.8 Å². The molecule has 1 aliphatic heterocycles. The molecule has 0 aliphatic carbocycles. The van der Waals surface area contributed by atoms with E-state index < -0.39 is 17.8 Å². The van der Waals surface area contributed by atoms with E-state index in [1.807, 2.05) is 41.6 Å². The summed E-state index contributed by atoms with van der Waals surface area (Å²) in [7, 11) is 1.45. The number of halogens is 2. The molecule has 6 nitrogen and oxygen atoms in total. The van der Waals surface area contributed by atoms with Crippen LogP contribution in [0.5, 0.6) is 11.5 Å². The van der Waals surface area contributed by atoms with Crippen LogP contribution in [0.15, 0.2) is 71.4 Å². The van der Waals surface area contributed by atoms with Crippen molar-refractivity contribution in [1.82, 2.24) is 0 Å². The number of methoxy groups -OCH3 is 1. The third-order valence-electron chi connectivity index (χ3n) is 4.76. The van der Waals surface area contributed by atoms with E-state index in [0.717, 1.165) is 5.56 Å². The molecule has 0 atom stereocenters. The first kappa shape index (κ1) is 22.7. The first-order valence-electron chi connectivity index (χ1n) is 9.79. The van der Waals surface area contributed by atoms with Gasteiger partial charge in [-0.05, 0) is 77.6 Å². The van der Waals surface area contributed by atoms with Crippen LogP contribution in [-0.4, -0.2) is 24.9 Å². The van der Waals surface area contributed by atoms with Gasteiger partial charge in [-0.2, -0.15) is 0 Å². The molecule has 0 spiro atoms. The Kier molecular flexibility index (Phi) is 6.55. The highest BCUT2D eigenvalue weighted by atomic mass is 127. The standard InChI is InChI=1S/C25H17FINO5/c1-14-7-9-16(10-8-14)24(29)32-22-19(27)11-15(13-21(22)31-2)12-20-25(30)33-23(28-20)17-5-3-4-6-18(17)26/h3-13H,1-2H3/b20-12-. The van der Waals surface area contributed by atoms with Crippen LogP contribution in [0.3, 0.4) is 0 Å². The summed E-state index contributed by atoms with van der Waals surface area (Å²) in [4.78, 5) is 29.0. The first-order chi connectivity index (χ1) is 15.9. The third kappa shape index (κ3) is 4.95. The maximum atomic E-state index is 14.0. The predicted octanol–water partition coefficient (Wildman–Crippen LogP) is 5.31. The van der Waals surface area contributed by atoms with Crippen LogP contribution in [0.2, 0.25) is 0 Å². The van der Waals surface area contributed by atoms with Gasteiger partial charge in [0.15, 0.2) is 17.2 Å². The number of aliphatic imine (C=N–C) groups is 1. The van der Waals surface area contributed by atoms with Crippen molar-refractivity contribution in [3.8, 4) is 11.5 Å². The largest absolute Gasteiger partial charge is 0.493 e. The Morgan fingerprint density at radius 2 is 1.85 bits per heavy atom. The number of benzene rings is 3. The zero-order valence-corrected chi connectivity index (χ0v) is 19.8. The highest BCUT2D eigenvalue weighted by Gasteiger charge is 2.26. The van der Waals surface area contributed by atoms with Gasteiger partial charge in [0.2, 0.25) is 5.90 Å². The average Bonchev–Trinajstić information content (AvgIpc) is 3.15. The van der Waals surface area contributed by atoms with Gasteiger partial charge in [0.25, 0.3) is 0 Å². The smallest absolute Gasteiger partial charge is 0.363 e. The second-order valence-electron chi connectivity index (χ2n) is 7.11. The summed E-state index contributed by atoms with van der Waals surface area (Å²) in [5, 5.41) is 0. The molecule has 0 aromatic heterocycles. The monoisotopic (exact) mass is 557 g/mol. The van der Waals surface area contributed by atoms with E-state index in [4.69, 9.17) is 14.2 Å². The van der Waals surface area contributed by atoms with Crippen LogP contribution in [0.25, 0.3) is 6.08 Å². The summed E-state index contributed by atoms with van der Waals surface area (Å²) in [5.74, 6) is -1.29. The minimum Gasteiger partial charge on any atom is -0.493 e. The molecule has 0 saturated carbocycles. The summed E-state index contributed by atoms with van der Waals surface area (Å²) in [6.45, 7) is 1.93. The minimum atomic E-state index is -0.697. The Labute approximate surface area is 202 Å². The lowest BCUT2D eigenvalue weighted by atomic mass is 10.1. The molecule has 3 aromatic carbocycles. The quantitative estimate of drug-likeness (QED) is 0.184. The van der Waals surface area contributed by atoms with E-state index in [-0.39, 0.29) is 22.9 Å². The van der Waals surface area contributed by atoms with Crippen LogP contribution >= 0.6 is 22.6 Å². The normalized spacial score (nSPS) is 14.1. The summed E-state index contributed by atoms with van der Waals surface area (Å²) < 4.78 is 30.7. The molecule has 4 rings (SSSR count). The second kappa shape index (κ2) is 9.53. The Balaban J connectivity index is 1.63. The van der Waals surface area contributed by atoms with Crippen LogP contribution in [0.4, 0.5) is 4.39 Å². The van der Waals surface area contributed by atoms with Gasteiger partial charge in [-0.3, -0.25) is 0 Å². The number of esters is 2. The zero-order chi connectivity index (χ0) is 23.5. The van der Waals surface area contributed by atoms with Gasteiger partial charge < -0.3 is 14.2 Å². The summed E-state index contributed by atoms with van der Waals surface area (Å²) in [6, 6.07) is 16.2. The van der Waals surface area contributed by atoms with E-state index in [2.05, 4.69) is 4.99 Å². The highest BCUT2D eigenvalue weighted by Crippen LogP contribution is 2.35. The second-order valence-corrected chi connectivity index (χ2v) is 8.27. The van der Waals surface area contributed by atoms with E-state index in [1.165, 1.54) is 31.4 Å². The van der Waals surface area contributed by atoms with Crippen molar-refractivity contribution in [2.75, 3.05) is 7.11 Å². The molecule has 0 N–H and O–H groups in total. The van der Waals surface area contributed by atoms with Crippen molar-refractivity contribution in [3.63, 3.8) is 0 Å². The SMILES string of the molecule is COc1cc(/C=C2\N=C(c3ccccc3F)OC2=O)cc(I)c1OC(=O)c1ccc(C)cc1. The highest BCUT2D eigenvalue weighted by molar-refractivity contribution is 14.1. The molecular weight excluding hydrogens is 540 g/mol. The van der Waals surface area contributed by atoms with Gasteiger partial charge in [-0.25, -0.2) is 19.0 Å². The molecule has 0 fully saturated rings. The Morgan fingerprint density at radius 1 is 1.12 bits per heavy atom. The van der Waals surface area contributed by atoms with Crippen molar-refractivity contribution in [2.24, 2.45) is 4.99 Å². The van der Waals surface area contributed by atoms with Gasteiger partial charge in [0, 0.05) is 0 Å². The van der Waals surface area contributed by atoms with Gasteiger partial charge >= 0.3 is 11.9 Å². The molecule has 166 valence electrons. The molecule has 0 radical (unpaired) electrons. The van der Waals surface area contributed by atoms with Crippen molar-refractivity contribution >= 4 is 46.5 Å². The van der Waals surface area contributed by atoms with Crippen molar-refractivity contribution in [2.45, 2.75) is 6.92 Å². The van der Waals surface area contributed by atoms with Crippen molar-refractivity contribution < 1.29 is 28.2 Å². The Morgan fingerprint density at radius 3 is 2.55 bits per heavy atom. The maximum Gasteiger partial charge on any atom is 0.363 e. The van der Waals surface area contributed by atoms with Crippen molar-refractivity contribution in [3.05, 3.63) is 98.0 Å². The lowest BCUT2D eigenvalue weighted by Crippen LogP contribution is -2.10. The number of hydrogen-bond donors (Lipinski definition) is 0. The maximum absolute atomic E-state index is 14.0. The number of hydrogen-bond acceptors (Lipinski definition) is 6. The zero-order valence-electron chi connectivity index (χ0n) is 17.6. The average molecular weight is 557 g/mol. The lowest BCUT2D eigenvalue weighted by Gasteiger charge is -2.12. The molecule has 1 aliphatic rings. The van der Waals surface area contributed by atoms with Crippen LogP contribution in [0, 0.1) is 16.3 Å². The fourth-order valence-corrected chi connectivity index (χ4v) is 3.82. The molecule has 8 heteroatoms. The Hall–Kier alpha value is -3.53. The van der Waals surface area contributed by atoms with E-state index in [0.29, 0.717) is 20.4 Å². The third-order valence-corrected chi connectivity index (χ3v) is 5.56. The first-order valence-corrected chi connectivity index (χ1v) is 10.9. The topological polar surface area (TPSA) is 74.2 Å². The minimum absolute atomic E-state index is 0.00973. The summed E-state index contributed by atoms with van der Waals surface area (Å²) >= 11 is 2.01. The number of ether oxygens (including phenoxy) is 3. The molecule has 33 heavy (non-hydrogen) atoms. The van der Waals surface area contributed by atoms with Crippen LogP contribution in [-0.2, 0) is 9.53 Å². The van der Waals surface area contributed by atoms with Crippen LogP contribution in [0.1, 0.15) is 27.0 Å². The Bertz CT molecular complexity index is 1310. The predicted molar refractivity (Wildman–Crippen MR) is 129 cm³/mol. The molecule has 0 saturated heterocycles. The van der Waals surface area contributed by atoms with Gasteiger partial charge in [-0.15, -0.1) is 0 Å². The fourth-order valence-electron chi connectivity index (χ4n) is 3.08. The molecule has 0 unspecified atom stereocenters. The fraction of sp³-hybridized carbons (Fsp3) is 0.0800. The van der Waals surface area contributed by atoms with Gasteiger partial charge in [-0.1, -0.05) is 29.8 Å². The molecule has 3 aromatic rings. The lowest BCUT2D eigenvalue weighted by molar-refractivity contribution is -0.129. The molecule has 0 amide bonds. The van der Waals surface area contributed by atoms with Gasteiger partial charge in [0.1, 0.15) is 5.82 Å². The van der Waals surface area contributed by atoms with E-state index in [1.54, 1.807) is 30.3 Å². The summed E-state index contributed by atoms with van der Waals surface area (Å²) in [6.07, 6.45) is 1.49. The number of aryl methyl sites for hydroxylation is 1. The van der Waals surface area contributed by atoms with Crippen LogP contribution < -0.4 is 9.47 Å². The number of rotatable bonds is 5. The van der Waals surface area contributed by atoms with Crippen molar-refractivity contribution in [1.29, 1.82) is 0 Å². The number of carbonyl (C=O) groups is 2. The molecule has 0 bridgehead atoms. The number of nitrogens with zero attached hydrogens (tertiary/aromatic N) is 1. The molecular formula is C25H17FINO5. The summed E-state index contributed by atoms with van der Waals surface area (Å²) in [5.41, 5.74) is 2.11. The number of cyclic esters (lactones) is 1.